The number of fused-ring (bicyclic) bond motifs is 2. The molecule has 2 aromatic heterocycles. The van der Waals surface area contributed by atoms with Crippen LogP contribution in [0, 0.1) is 18.8 Å². The van der Waals surface area contributed by atoms with E-state index in [0.29, 0.717) is 17.7 Å². The molecule has 1 amide bonds. The molecule has 7 rings (SSSR count). The maximum absolute atomic E-state index is 12.6. The molecule has 5 nitrogen and oxygen atoms in total. The minimum Gasteiger partial charge on any atom is -0.361 e. The molecule has 2 aliphatic rings. The van der Waals surface area contributed by atoms with Crippen LogP contribution in [0.25, 0.3) is 44.5 Å². The van der Waals surface area contributed by atoms with Crippen molar-refractivity contribution >= 4 is 27.8 Å². The molecular formula is C31H30N4O. The van der Waals surface area contributed by atoms with Crippen LogP contribution in [0.2, 0.25) is 0 Å². The number of amides is 1. The highest BCUT2D eigenvalue weighted by molar-refractivity contribution is 5.86. The number of carbonyl (C=O) groups excluding carboxylic acids is 1. The van der Waals surface area contributed by atoms with Crippen LogP contribution in [-0.4, -0.2) is 38.4 Å². The Balaban J connectivity index is 1.21. The molecule has 2 fully saturated rings. The first kappa shape index (κ1) is 21.4. The van der Waals surface area contributed by atoms with Gasteiger partial charge in [0.15, 0.2) is 0 Å². The summed E-state index contributed by atoms with van der Waals surface area (Å²) in [7, 11) is 0. The van der Waals surface area contributed by atoms with Crippen LogP contribution in [0.5, 0.6) is 0 Å². The van der Waals surface area contributed by atoms with Crippen LogP contribution in [0.3, 0.4) is 0 Å². The number of carbonyl (C=O) groups is 1. The fourth-order valence-corrected chi connectivity index (χ4v) is 5.71. The Morgan fingerprint density at radius 2 is 1.75 bits per heavy atom. The van der Waals surface area contributed by atoms with Crippen LogP contribution in [-0.2, 0) is 11.3 Å². The van der Waals surface area contributed by atoms with Crippen molar-refractivity contribution in [1.29, 1.82) is 0 Å². The van der Waals surface area contributed by atoms with Crippen molar-refractivity contribution in [2.45, 2.75) is 32.7 Å². The van der Waals surface area contributed by atoms with Gasteiger partial charge in [-0.15, -0.1) is 0 Å². The van der Waals surface area contributed by atoms with E-state index in [2.05, 4.69) is 88.1 Å². The summed E-state index contributed by atoms with van der Waals surface area (Å²) in [6.45, 7) is 4.77. The van der Waals surface area contributed by atoms with Crippen molar-refractivity contribution < 1.29 is 4.79 Å². The first-order chi connectivity index (χ1) is 17.6. The van der Waals surface area contributed by atoms with Gasteiger partial charge in [-0.1, -0.05) is 42.5 Å². The van der Waals surface area contributed by atoms with Gasteiger partial charge in [0.05, 0.1) is 11.0 Å². The van der Waals surface area contributed by atoms with Crippen molar-refractivity contribution in [3.8, 4) is 22.5 Å². The molecule has 1 aliphatic heterocycles. The third kappa shape index (κ3) is 3.79. The SMILES string of the molecule is Cc1ccc2nc(-c3ccc(-c4ccc5cc[nH]c5c4)cc3)n(CC3CCN(C(=O)C4CC4)C3)c2c1. The van der Waals surface area contributed by atoms with Gasteiger partial charge in [0.2, 0.25) is 5.91 Å². The highest BCUT2D eigenvalue weighted by atomic mass is 16.2. The van der Waals surface area contributed by atoms with Crippen molar-refractivity contribution in [3.63, 3.8) is 0 Å². The number of benzene rings is 3. The summed E-state index contributed by atoms with van der Waals surface area (Å²) in [6.07, 6.45) is 5.19. The van der Waals surface area contributed by atoms with E-state index < -0.39 is 0 Å². The maximum atomic E-state index is 12.6. The van der Waals surface area contributed by atoms with E-state index in [-0.39, 0.29) is 0 Å². The molecule has 180 valence electrons. The van der Waals surface area contributed by atoms with Gasteiger partial charge in [0.1, 0.15) is 5.82 Å². The van der Waals surface area contributed by atoms with Gasteiger partial charge in [-0.25, -0.2) is 4.98 Å². The van der Waals surface area contributed by atoms with E-state index in [4.69, 9.17) is 4.98 Å². The van der Waals surface area contributed by atoms with Gasteiger partial charge in [-0.05, 0) is 78.4 Å². The van der Waals surface area contributed by atoms with Crippen molar-refractivity contribution in [2.75, 3.05) is 13.1 Å². The van der Waals surface area contributed by atoms with Gasteiger partial charge in [0.25, 0.3) is 0 Å². The molecular weight excluding hydrogens is 444 g/mol. The van der Waals surface area contributed by atoms with Crippen molar-refractivity contribution in [2.24, 2.45) is 11.8 Å². The molecule has 36 heavy (non-hydrogen) atoms. The molecule has 0 bridgehead atoms. The summed E-state index contributed by atoms with van der Waals surface area (Å²) in [6, 6.07) is 23.9. The van der Waals surface area contributed by atoms with Crippen molar-refractivity contribution in [1.82, 2.24) is 19.4 Å². The van der Waals surface area contributed by atoms with Gasteiger partial charge in [-0.2, -0.15) is 0 Å². The molecule has 0 spiro atoms. The van der Waals surface area contributed by atoms with Crippen LogP contribution in [0.4, 0.5) is 0 Å². The lowest BCUT2D eigenvalue weighted by Crippen LogP contribution is -2.30. The van der Waals surface area contributed by atoms with E-state index in [0.717, 1.165) is 61.3 Å². The van der Waals surface area contributed by atoms with E-state index in [1.165, 1.54) is 27.6 Å². The van der Waals surface area contributed by atoms with Crippen LogP contribution >= 0.6 is 0 Å². The zero-order valence-corrected chi connectivity index (χ0v) is 20.6. The normalized spacial score (nSPS) is 17.9. The molecule has 1 atom stereocenters. The largest absolute Gasteiger partial charge is 0.361 e. The molecule has 3 heterocycles. The van der Waals surface area contributed by atoms with Crippen LogP contribution < -0.4 is 0 Å². The first-order valence-electron chi connectivity index (χ1n) is 13.1. The Kier molecular flexibility index (Phi) is 4.98. The van der Waals surface area contributed by atoms with Crippen molar-refractivity contribution in [3.05, 3.63) is 78.5 Å². The van der Waals surface area contributed by atoms with E-state index >= 15 is 0 Å². The predicted molar refractivity (Wildman–Crippen MR) is 145 cm³/mol. The number of nitrogens with one attached hydrogen (secondary N) is 1. The van der Waals surface area contributed by atoms with Gasteiger partial charge >= 0.3 is 0 Å². The number of hydrogen-bond donors (Lipinski definition) is 1. The fourth-order valence-electron chi connectivity index (χ4n) is 5.71. The first-order valence-corrected chi connectivity index (χ1v) is 13.1. The van der Waals surface area contributed by atoms with E-state index in [1.54, 1.807) is 0 Å². The number of H-pyrrole nitrogens is 1. The zero-order valence-electron chi connectivity index (χ0n) is 20.6. The maximum Gasteiger partial charge on any atom is 0.225 e. The van der Waals surface area contributed by atoms with Crippen LogP contribution in [0.15, 0.2) is 72.9 Å². The average molecular weight is 475 g/mol. The Morgan fingerprint density at radius 3 is 2.58 bits per heavy atom. The molecule has 1 saturated heterocycles. The number of aromatic nitrogens is 3. The second-order valence-corrected chi connectivity index (χ2v) is 10.6. The number of nitrogens with zero attached hydrogens (tertiary/aromatic N) is 3. The zero-order chi connectivity index (χ0) is 24.2. The Morgan fingerprint density at radius 1 is 0.944 bits per heavy atom. The summed E-state index contributed by atoms with van der Waals surface area (Å²) in [5, 5.41) is 1.23. The van der Waals surface area contributed by atoms with Crippen LogP contribution in [0.1, 0.15) is 24.8 Å². The monoisotopic (exact) mass is 474 g/mol. The smallest absolute Gasteiger partial charge is 0.225 e. The van der Waals surface area contributed by atoms with Gasteiger partial charge < -0.3 is 14.5 Å². The average Bonchev–Trinajstić information content (AvgIpc) is 3.30. The lowest BCUT2D eigenvalue weighted by molar-refractivity contribution is -0.131. The minimum absolute atomic E-state index is 0.298. The molecule has 1 saturated carbocycles. The topological polar surface area (TPSA) is 53.9 Å². The number of rotatable bonds is 5. The number of imidazole rings is 1. The molecule has 1 N–H and O–H groups in total. The summed E-state index contributed by atoms with van der Waals surface area (Å²) >= 11 is 0. The summed E-state index contributed by atoms with van der Waals surface area (Å²) < 4.78 is 2.39. The molecule has 3 aromatic carbocycles. The minimum atomic E-state index is 0.298. The lowest BCUT2D eigenvalue weighted by Gasteiger charge is -2.18. The second kappa shape index (κ2) is 8.37. The summed E-state index contributed by atoms with van der Waals surface area (Å²) in [4.78, 5) is 23.1. The van der Waals surface area contributed by atoms with Gasteiger partial charge in [0, 0.05) is 42.8 Å². The molecule has 5 aromatic rings. The van der Waals surface area contributed by atoms with E-state index in [1.807, 2.05) is 6.20 Å². The standard InChI is InChI=1S/C31H30N4O/c1-20-2-11-27-29(16-20)35(19-21-13-15-34(18-21)31(36)25-8-9-25)30(33-27)24-6-3-22(4-7-24)26-10-5-23-12-14-32-28(23)17-26/h2-7,10-12,14,16-17,21,25,32H,8-9,13,15,18-19H2,1H3. The molecule has 1 unspecified atom stereocenters. The summed E-state index contributed by atoms with van der Waals surface area (Å²) in [5.41, 5.74) is 8.11. The third-order valence-corrected chi connectivity index (χ3v) is 7.90. The molecule has 0 radical (unpaired) electrons. The van der Waals surface area contributed by atoms with Gasteiger partial charge in [-0.3, -0.25) is 4.79 Å². The predicted octanol–water partition coefficient (Wildman–Crippen LogP) is 6.42. The number of aryl methyl sites for hydroxylation is 1. The highest BCUT2D eigenvalue weighted by Gasteiger charge is 2.36. The lowest BCUT2D eigenvalue weighted by atomic mass is 10.0. The quantitative estimate of drug-likeness (QED) is 0.320. The third-order valence-electron chi connectivity index (χ3n) is 7.90. The number of likely N-dealkylation sites (tertiary alicyclic amines) is 1. The Labute approximate surface area is 210 Å². The molecule has 5 heteroatoms. The number of hydrogen-bond acceptors (Lipinski definition) is 2. The Hall–Kier alpha value is -3.86. The second-order valence-electron chi connectivity index (χ2n) is 10.6. The Bertz CT molecular complexity index is 1590. The molecule has 1 aliphatic carbocycles. The highest BCUT2D eigenvalue weighted by Crippen LogP contribution is 2.34. The fraction of sp³-hybridized carbons (Fsp3) is 0.290. The summed E-state index contributed by atoms with van der Waals surface area (Å²) in [5.74, 6) is 2.13. The number of aromatic amines is 1. The van der Waals surface area contributed by atoms with E-state index in [9.17, 15) is 4.79 Å².